The third-order valence-electron chi connectivity index (χ3n) is 5.86. The molecule has 1 saturated heterocycles. The van der Waals surface area contributed by atoms with E-state index in [0.717, 1.165) is 30.5 Å². The monoisotopic (exact) mass is 561 g/mol. The molecule has 2 heterocycles. The van der Waals surface area contributed by atoms with E-state index in [1.807, 2.05) is 0 Å². The molecule has 2 aromatic carbocycles. The van der Waals surface area contributed by atoms with Gasteiger partial charge in [-0.05, 0) is 36.4 Å². The molecule has 10 nitrogen and oxygen atoms in total. The Bertz CT molecular complexity index is 1230. The van der Waals surface area contributed by atoms with E-state index in [1.165, 1.54) is 19.1 Å². The van der Waals surface area contributed by atoms with Gasteiger partial charge in [-0.1, -0.05) is 35.5 Å². The average Bonchev–Trinajstić information content (AvgIpc) is 3.10. The Morgan fingerprint density at radius 3 is 1.95 bits per heavy atom. The number of esters is 3. The fourth-order valence-electron chi connectivity index (χ4n) is 4.38. The largest absolute Gasteiger partial charge is 0.463 e. The molecule has 12 heteroatoms. The van der Waals surface area contributed by atoms with Crippen LogP contribution in [-0.2, 0) is 33.3 Å². The summed E-state index contributed by atoms with van der Waals surface area (Å²) in [6.07, 6.45) is -3.71. The van der Waals surface area contributed by atoms with Gasteiger partial charge in [0, 0.05) is 30.7 Å². The molecule has 200 valence electrons. The number of benzene rings is 2. The minimum Gasteiger partial charge on any atom is -0.463 e. The summed E-state index contributed by atoms with van der Waals surface area (Å²) in [7, 11) is 0. The first kappa shape index (κ1) is 27.6. The van der Waals surface area contributed by atoms with Crippen molar-refractivity contribution in [3.8, 4) is 0 Å². The van der Waals surface area contributed by atoms with Crippen LogP contribution in [0.1, 0.15) is 41.5 Å². The Labute approximate surface area is 227 Å². The van der Waals surface area contributed by atoms with Crippen molar-refractivity contribution in [1.29, 1.82) is 0 Å². The van der Waals surface area contributed by atoms with E-state index in [1.54, 1.807) is 36.4 Å². The number of amides is 2. The number of imide groups is 1. The highest BCUT2D eigenvalue weighted by Crippen LogP contribution is 2.41. The molecule has 0 unspecified atom stereocenters. The van der Waals surface area contributed by atoms with Crippen LogP contribution in [0, 0.1) is 0 Å². The van der Waals surface area contributed by atoms with E-state index in [9.17, 15) is 24.0 Å². The molecule has 2 aliphatic rings. The third kappa shape index (κ3) is 5.85. The van der Waals surface area contributed by atoms with Crippen LogP contribution < -0.4 is 0 Å². The van der Waals surface area contributed by atoms with Crippen molar-refractivity contribution >= 4 is 53.1 Å². The van der Waals surface area contributed by atoms with Gasteiger partial charge in [0.05, 0.1) is 11.1 Å². The SMILES string of the molecule is CC(=O)OC[C@H]1O[C@@H](Sc2ccc(Cl)cc2)[C@H](N2C(=O)c3ccccc3C2=O)[C@@H](OC(C)=O)[C@@H]1OC(C)=O. The normalized spacial score (nSPS) is 24.5. The molecule has 2 aliphatic heterocycles. The molecule has 0 radical (unpaired) electrons. The smallest absolute Gasteiger partial charge is 0.303 e. The quantitative estimate of drug-likeness (QED) is 0.282. The molecule has 4 rings (SSSR count). The molecular formula is C26H24ClNO9S. The number of ether oxygens (including phenoxy) is 4. The maximum atomic E-state index is 13.5. The minimum absolute atomic E-state index is 0.181. The van der Waals surface area contributed by atoms with Gasteiger partial charge in [0.2, 0.25) is 0 Å². The van der Waals surface area contributed by atoms with E-state index in [2.05, 4.69) is 0 Å². The average molecular weight is 562 g/mol. The molecule has 0 saturated carbocycles. The van der Waals surface area contributed by atoms with Gasteiger partial charge in [-0.15, -0.1) is 0 Å². The highest BCUT2D eigenvalue weighted by atomic mass is 35.5. The number of halogens is 1. The highest BCUT2D eigenvalue weighted by molar-refractivity contribution is 7.99. The van der Waals surface area contributed by atoms with Crippen LogP contribution in [0.2, 0.25) is 5.02 Å². The zero-order valence-electron chi connectivity index (χ0n) is 20.6. The molecule has 0 aliphatic carbocycles. The molecule has 0 spiro atoms. The van der Waals surface area contributed by atoms with Gasteiger partial charge in [-0.25, -0.2) is 0 Å². The molecule has 1 fully saturated rings. The second-order valence-corrected chi connectivity index (χ2v) is 10.2. The Morgan fingerprint density at radius 1 is 0.868 bits per heavy atom. The van der Waals surface area contributed by atoms with Gasteiger partial charge < -0.3 is 18.9 Å². The molecular weight excluding hydrogens is 538 g/mol. The lowest BCUT2D eigenvalue weighted by molar-refractivity contribution is -0.216. The van der Waals surface area contributed by atoms with Crippen molar-refractivity contribution in [2.75, 3.05) is 6.61 Å². The summed E-state index contributed by atoms with van der Waals surface area (Å²) in [6, 6.07) is 11.8. The molecule has 2 aromatic rings. The Morgan fingerprint density at radius 2 is 1.42 bits per heavy atom. The molecule has 5 atom stereocenters. The van der Waals surface area contributed by atoms with Crippen molar-refractivity contribution in [2.45, 2.75) is 55.5 Å². The van der Waals surface area contributed by atoms with Gasteiger partial charge >= 0.3 is 17.9 Å². The maximum Gasteiger partial charge on any atom is 0.303 e. The first-order valence-electron chi connectivity index (χ1n) is 11.6. The van der Waals surface area contributed by atoms with Gasteiger partial charge in [-0.2, -0.15) is 0 Å². The van der Waals surface area contributed by atoms with Gasteiger partial charge in [0.25, 0.3) is 11.8 Å². The van der Waals surface area contributed by atoms with Crippen LogP contribution in [0.4, 0.5) is 0 Å². The number of nitrogens with zero attached hydrogens (tertiary/aromatic N) is 1. The van der Waals surface area contributed by atoms with E-state index < -0.39 is 59.5 Å². The second-order valence-electron chi connectivity index (χ2n) is 8.58. The van der Waals surface area contributed by atoms with E-state index in [0.29, 0.717) is 9.92 Å². The second kappa shape index (κ2) is 11.5. The number of fused-ring (bicyclic) bond motifs is 1. The fraction of sp³-hybridized carbons (Fsp3) is 0.346. The summed E-state index contributed by atoms with van der Waals surface area (Å²) in [5, 5.41) is 0.497. The van der Waals surface area contributed by atoms with Gasteiger partial charge in [-0.3, -0.25) is 28.9 Å². The lowest BCUT2D eigenvalue weighted by Gasteiger charge is -2.47. The number of carbonyl (C=O) groups excluding carboxylic acids is 5. The van der Waals surface area contributed by atoms with Gasteiger partial charge in [0.1, 0.15) is 24.2 Å². The summed E-state index contributed by atoms with van der Waals surface area (Å²) < 4.78 is 22.5. The van der Waals surface area contributed by atoms with Crippen LogP contribution in [-0.4, -0.2) is 71.0 Å². The highest BCUT2D eigenvalue weighted by Gasteiger charge is 2.57. The zero-order chi connectivity index (χ0) is 27.6. The van der Waals surface area contributed by atoms with Crippen LogP contribution in [0.3, 0.4) is 0 Å². The van der Waals surface area contributed by atoms with Crippen molar-refractivity contribution in [3.05, 3.63) is 64.7 Å². The summed E-state index contributed by atoms with van der Waals surface area (Å²) in [4.78, 5) is 64.6. The van der Waals surface area contributed by atoms with Crippen LogP contribution in [0.5, 0.6) is 0 Å². The standard InChI is InChI=1S/C26H24ClNO9S/c1-13(29)34-12-20-22(35-14(2)30)23(36-15(3)31)21(26(37-20)38-17-10-8-16(27)9-11-17)28-24(32)18-6-4-5-7-19(18)25(28)33/h4-11,20-23,26H,12H2,1-3H3/t20-,21-,22-,23-,26+/m1/s1. The summed E-state index contributed by atoms with van der Waals surface area (Å²) in [5.74, 6) is -3.30. The number of thioether (sulfide) groups is 1. The van der Waals surface area contributed by atoms with Crippen molar-refractivity contribution in [1.82, 2.24) is 4.90 Å². The number of hydrogen-bond donors (Lipinski definition) is 0. The van der Waals surface area contributed by atoms with E-state index in [4.69, 9.17) is 30.5 Å². The Balaban J connectivity index is 1.82. The zero-order valence-corrected chi connectivity index (χ0v) is 22.2. The summed E-state index contributed by atoms with van der Waals surface area (Å²) >= 11 is 7.17. The van der Waals surface area contributed by atoms with Crippen LogP contribution in [0.15, 0.2) is 53.4 Å². The molecule has 2 amide bonds. The Hall–Kier alpha value is -3.41. The Kier molecular flexibility index (Phi) is 8.39. The number of rotatable bonds is 7. The van der Waals surface area contributed by atoms with Crippen LogP contribution in [0.25, 0.3) is 0 Å². The summed E-state index contributed by atoms with van der Waals surface area (Å²) in [6.45, 7) is 3.17. The number of carbonyl (C=O) groups is 5. The molecule has 0 bridgehead atoms. The minimum atomic E-state index is -1.34. The molecule has 0 N–H and O–H groups in total. The number of hydrogen-bond acceptors (Lipinski definition) is 10. The maximum absolute atomic E-state index is 13.5. The van der Waals surface area contributed by atoms with Gasteiger partial charge in [0.15, 0.2) is 12.2 Å². The predicted octanol–water partition coefficient (Wildman–Crippen LogP) is 3.25. The van der Waals surface area contributed by atoms with Crippen molar-refractivity contribution in [3.63, 3.8) is 0 Å². The first-order chi connectivity index (χ1) is 18.1. The lowest BCUT2D eigenvalue weighted by atomic mass is 9.96. The first-order valence-corrected chi connectivity index (χ1v) is 12.8. The predicted molar refractivity (Wildman–Crippen MR) is 134 cm³/mol. The van der Waals surface area contributed by atoms with Crippen molar-refractivity contribution in [2.24, 2.45) is 0 Å². The lowest BCUT2D eigenvalue weighted by Crippen LogP contribution is -2.66. The van der Waals surface area contributed by atoms with E-state index >= 15 is 0 Å². The van der Waals surface area contributed by atoms with Crippen LogP contribution >= 0.6 is 23.4 Å². The third-order valence-corrected chi connectivity index (χ3v) is 7.28. The van der Waals surface area contributed by atoms with Crippen molar-refractivity contribution < 1.29 is 42.9 Å². The summed E-state index contributed by atoms with van der Waals surface area (Å²) in [5.41, 5.74) is -0.657. The molecule has 38 heavy (non-hydrogen) atoms. The fourth-order valence-corrected chi connectivity index (χ4v) is 5.68. The van der Waals surface area contributed by atoms with E-state index in [-0.39, 0.29) is 17.7 Å². The molecule has 0 aromatic heterocycles. The topological polar surface area (TPSA) is 126 Å².